The van der Waals surface area contributed by atoms with Gasteiger partial charge in [0, 0.05) is 6.54 Å². The highest BCUT2D eigenvalue weighted by Crippen LogP contribution is 2.06. The van der Waals surface area contributed by atoms with Crippen molar-refractivity contribution in [3.8, 4) is 0 Å². The Morgan fingerprint density at radius 3 is 2.50 bits per heavy atom. The van der Waals surface area contributed by atoms with E-state index in [4.69, 9.17) is 10.5 Å². The summed E-state index contributed by atoms with van der Waals surface area (Å²) in [6, 6.07) is -0.569. The molecular formula is C10H22N2O2. The normalized spacial score (nSPS) is 13.8. The van der Waals surface area contributed by atoms with Gasteiger partial charge in [0.25, 0.3) is 0 Å². The summed E-state index contributed by atoms with van der Waals surface area (Å²) in [5.41, 5.74) is 5.38. The molecule has 0 heterocycles. The molecule has 0 aromatic rings. The first-order valence-electron chi connectivity index (χ1n) is 5.04. The zero-order valence-electron chi connectivity index (χ0n) is 9.59. The topological polar surface area (TPSA) is 64.4 Å². The minimum absolute atomic E-state index is 0.142. The average Bonchev–Trinajstić information content (AvgIpc) is 2.09. The molecule has 0 aromatic carbocycles. The van der Waals surface area contributed by atoms with Crippen LogP contribution in [0.3, 0.4) is 0 Å². The molecule has 84 valence electrons. The molecule has 0 fully saturated rings. The molecule has 0 aliphatic rings. The summed E-state index contributed by atoms with van der Waals surface area (Å²) < 4.78 is 5.41. The predicted molar refractivity (Wildman–Crippen MR) is 57.0 cm³/mol. The number of carbonyl (C=O) groups is 1. The quantitative estimate of drug-likeness (QED) is 0.688. The Kier molecular flexibility index (Phi) is 5.72. The summed E-state index contributed by atoms with van der Waals surface area (Å²) in [4.78, 5) is 11.3. The third-order valence-corrected chi connectivity index (χ3v) is 1.58. The third kappa shape index (κ3) is 6.86. The van der Waals surface area contributed by atoms with Crippen molar-refractivity contribution in [3.05, 3.63) is 0 Å². The Bertz CT molecular complexity index is 175. The van der Waals surface area contributed by atoms with Crippen molar-refractivity contribution in [3.63, 3.8) is 0 Å². The van der Waals surface area contributed by atoms with Gasteiger partial charge in [0.1, 0.15) is 6.04 Å². The van der Waals surface area contributed by atoms with E-state index in [1.54, 1.807) is 0 Å². The first kappa shape index (κ1) is 13.4. The molecule has 4 heteroatoms. The van der Waals surface area contributed by atoms with E-state index in [1.165, 1.54) is 0 Å². The number of ether oxygens (including phenoxy) is 1. The Morgan fingerprint density at radius 1 is 1.50 bits per heavy atom. The van der Waals surface area contributed by atoms with E-state index in [0.29, 0.717) is 6.54 Å². The van der Waals surface area contributed by atoms with Crippen LogP contribution in [0.2, 0.25) is 0 Å². The second-order valence-corrected chi connectivity index (χ2v) is 4.32. The van der Waals surface area contributed by atoms with Gasteiger partial charge in [-0.25, -0.2) is 0 Å². The van der Waals surface area contributed by atoms with E-state index in [9.17, 15) is 4.79 Å². The van der Waals surface area contributed by atoms with Crippen LogP contribution in [-0.2, 0) is 9.53 Å². The molecule has 0 saturated carbocycles. The molecule has 0 aliphatic carbocycles. The number of hydrogen-bond donors (Lipinski definition) is 2. The van der Waals surface area contributed by atoms with Crippen molar-refractivity contribution < 1.29 is 9.53 Å². The lowest BCUT2D eigenvalue weighted by molar-refractivity contribution is -0.125. The maximum atomic E-state index is 11.3. The van der Waals surface area contributed by atoms with Gasteiger partial charge in [-0.05, 0) is 27.2 Å². The zero-order chi connectivity index (χ0) is 11.2. The molecule has 0 rings (SSSR count). The summed E-state index contributed by atoms with van der Waals surface area (Å²) in [6.45, 7) is 8.73. The first-order chi connectivity index (χ1) is 6.37. The fourth-order valence-electron chi connectivity index (χ4n) is 0.795. The van der Waals surface area contributed by atoms with Crippen LogP contribution in [0.15, 0.2) is 0 Å². The number of nitrogens with two attached hydrogens (primary N) is 1. The number of hydrogen-bond acceptors (Lipinski definition) is 3. The minimum atomic E-state index is -0.569. The summed E-state index contributed by atoms with van der Waals surface area (Å²) in [6.07, 6.45) is 0.915. The SMILES string of the molecule is CCCNC(=O)[C@@H](N)COC(C)(C)C. The lowest BCUT2D eigenvalue weighted by atomic mass is 10.2. The molecule has 14 heavy (non-hydrogen) atoms. The van der Waals surface area contributed by atoms with E-state index in [1.807, 2.05) is 27.7 Å². The number of nitrogens with one attached hydrogen (secondary N) is 1. The van der Waals surface area contributed by atoms with Gasteiger partial charge in [-0.3, -0.25) is 4.79 Å². The molecule has 0 unspecified atom stereocenters. The van der Waals surface area contributed by atoms with Crippen LogP contribution >= 0.6 is 0 Å². The Balaban J connectivity index is 3.73. The monoisotopic (exact) mass is 202 g/mol. The summed E-state index contributed by atoms with van der Waals surface area (Å²) >= 11 is 0. The van der Waals surface area contributed by atoms with Crippen molar-refractivity contribution in [1.82, 2.24) is 5.32 Å². The molecule has 0 bridgehead atoms. The third-order valence-electron chi connectivity index (χ3n) is 1.58. The van der Waals surface area contributed by atoms with Crippen molar-refractivity contribution in [2.45, 2.75) is 45.8 Å². The Morgan fingerprint density at radius 2 is 2.07 bits per heavy atom. The van der Waals surface area contributed by atoms with E-state index < -0.39 is 6.04 Å². The van der Waals surface area contributed by atoms with E-state index in [-0.39, 0.29) is 18.1 Å². The van der Waals surface area contributed by atoms with Crippen LogP contribution in [0.4, 0.5) is 0 Å². The number of rotatable bonds is 5. The van der Waals surface area contributed by atoms with Crippen LogP contribution in [-0.4, -0.2) is 30.7 Å². The van der Waals surface area contributed by atoms with E-state index in [2.05, 4.69) is 5.32 Å². The van der Waals surface area contributed by atoms with Gasteiger partial charge in [-0.15, -0.1) is 0 Å². The lowest BCUT2D eigenvalue weighted by Crippen LogP contribution is -2.45. The maximum absolute atomic E-state index is 11.3. The Labute approximate surface area is 86.2 Å². The van der Waals surface area contributed by atoms with Crippen LogP contribution < -0.4 is 11.1 Å². The lowest BCUT2D eigenvalue weighted by Gasteiger charge is -2.22. The molecule has 1 atom stereocenters. The maximum Gasteiger partial charge on any atom is 0.239 e. The molecule has 0 radical (unpaired) electrons. The number of amides is 1. The summed E-state index contributed by atoms with van der Waals surface area (Å²) in [5.74, 6) is -0.142. The van der Waals surface area contributed by atoms with Gasteiger partial charge in [0.2, 0.25) is 5.91 Å². The van der Waals surface area contributed by atoms with Gasteiger partial charge in [-0.1, -0.05) is 6.92 Å². The van der Waals surface area contributed by atoms with Gasteiger partial charge in [0.05, 0.1) is 12.2 Å². The largest absolute Gasteiger partial charge is 0.374 e. The second-order valence-electron chi connectivity index (χ2n) is 4.32. The molecule has 0 aromatic heterocycles. The molecule has 0 saturated heterocycles. The van der Waals surface area contributed by atoms with Gasteiger partial charge in [-0.2, -0.15) is 0 Å². The van der Waals surface area contributed by atoms with Crippen molar-refractivity contribution in [2.24, 2.45) is 5.73 Å². The molecule has 0 aliphatic heterocycles. The predicted octanol–water partition coefficient (Wildman–Crippen LogP) is 0.655. The van der Waals surface area contributed by atoms with Crippen LogP contribution in [0.25, 0.3) is 0 Å². The fourth-order valence-corrected chi connectivity index (χ4v) is 0.795. The van der Waals surface area contributed by atoms with E-state index in [0.717, 1.165) is 6.42 Å². The molecule has 3 N–H and O–H groups in total. The molecule has 1 amide bonds. The van der Waals surface area contributed by atoms with Crippen molar-refractivity contribution in [2.75, 3.05) is 13.2 Å². The van der Waals surface area contributed by atoms with Crippen LogP contribution in [0.5, 0.6) is 0 Å². The van der Waals surface area contributed by atoms with Gasteiger partial charge < -0.3 is 15.8 Å². The second kappa shape index (κ2) is 5.98. The number of carbonyl (C=O) groups excluding carboxylic acids is 1. The summed E-state index contributed by atoms with van der Waals surface area (Å²) in [5, 5.41) is 2.72. The fraction of sp³-hybridized carbons (Fsp3) is 0.900. The van der Waals surface area contributed by atoms with Crippen molar-refractivity contribution in [1.29, 1.82) is 0 Å². The standard InChI is InChI=1S/C10H22N2O2/c1-5-6-12-9(13)8(11)7-14-10(2,3)4/h8H,5-7,11H2,1-4H3,(H,12,13)/t8-/m0/s1. The molecule has 4 nitrogen and oxygen atoms in total. The molecule has 0 spiro atoms. The van der Waals surface area contributed by atoms with Gasteiger partial charge in [0.15, 0.2) is 0 Å². The first-order valence-corrected chi connectivity index (χ1v) is 5.04. The zero-order valence-corrected chi connectivity index (χ0v) is 9.59. The summed E-state index contributed by atoms with van der Waals surface area (Å²) in [7, 11) is 0. The average molecular weight is 202 g/mol. The minimum Gasteiger partial charge on any atom is -0.374 e. The highest BCUT2D eigenvalue weighted by atomic mass is 16.5. The van der Waals surface area contributed by atoms with Crippen LogP contribution in [0.1, 0.15) is 34.1 Å². The van der Waals surface area contributed by atoms with Gasteiger partial charge >= 0.3 is 0 Å². The van der Waals surface area contributed by atoms with E-state index >= 15 is 0 Å². The van der Waals surface area contributed by atoms with Crippen molar-refractivity contribution >= 4 is 5.91 Å². The highest BCUT2D eigenvalue weighted by Gasteiger charge is 2.17. The van der Waals surface area contributed by atoms with Crippen LogP contribution in [0, 0.1) is 0 Å². The highest BCUT2D eigenvalue weighted by molar-refractivity contribution is 5.81. The molecular weight excluding hydrogens is 180 g/mol. The Hall–Kier alpha value is -0.610. The smallest absolute Gasteiger partial charge is 0.239 e.